The molecule has 0 saturated carbocycles. The summed E-state index contributed by atoms with van der Waals surface area (Å²) in [5, 5.41) is 16.0. The summed E-state index contributed by atoms with van der Waals surface area (Å²) in [6.07, 6.45) is 2.37. The maximum Gasteiger partial charge on any atom is 0.328 e. The molecule has 104 valence electrons. The highest BCUT2D eigenvalue weighted by Gasteiger charge is 2.06. The SMILES string of the molecule is Cc1nc(SCc2ccc(F)cc2C=CC(=O)O)n[nH]1. The largest absolute Gasteiger partial charge is 0.478 e. The Labute approximate surface area is 118 Å². The fraction of sp³-hybridized carbons (Fsp3) is 0.154. The van der Waals surface area contributed by atoms with Crippen molar-refractivity contribution in [1.29, 1.82) is 0 Å². The minimum absolute atomic E-state index is 0.405. The number of H-pyrrole nitrogens is 1. The lowest BCUT2D eigenvalue weighted by atomic mass is 10.1. The van der Waals surface area contributed by atoms with E-state index < -0.39 is 11.8 Å². The first-order valence-corrected chi connectivity index (χ1v) is 6.74. The molecule has 0 spiro atoms. The van der Waals surface area contributed by atoms with Crippen molar-refractivity contribution in [2.45, 2.75) is 17.8 Å². The molecule has 5 nitrogen and oxygen atoms in total. The second-order valence-corrected chi connectivity index (χ2v) is 4.95. The third-order valence-electron chi connectivity index (χ3n) is 2.45. The molecule has 0 saturated heterocycles. The summed E-state index contributed by atoms with van der Waals surface area (Å²) in [6.45, 7) is 1.80. The number of carboxylic acids is 1. The highest BCUT2D eigenvalue weighted by Crippen LogP contribution is 2.23. The molecule has 2 rings (SSSR count). The maximum atomic E-state index is 13.2. The Morgan fingerprint density at radius 2 is 2.35 bits per heavy atom. The van der Waals surface area contributed by atoms with Crippen LogP contribution in [0.3, 0.4) is 0 Å². The smallest absolute Gasteiger partial charge is 0.328 e. The zero-order valence-corrected chi connectivity index (χ0v) is 11.4. The van der Waals surface area contributed by atoms with Crippen molar-refractivity contribution in [3.8, 4) is 0 Å². The van der Waals surface area contributed by atoms with E-state index in [0.717, 1.165) is 17.5 Å². The third kappa shape index (κ3) is 3.92. The monoisotopic (exact) mass is 293 g/mol. The van der Waals surface area contributed by atoms with Crippen LogP contribution in [0.15, 0.2) is 29.4 Å². The van der Waals surface area contributed by atoms with Crippen LogP contribution in [-0.4, -0.2) is 26.3 Å². The Bertz CT molecular complexity index is 655. The van der Waals surface area contributed by atoms with E-state index in [0.29, 0.717) is 16.5 Å². The van der Waals surface area contributed by atoms with E-state index in [1.54, 1.807) is 13.0 Å². The van der Waals surface area contributed by atoms with E-state index in [1.165, 1.54) is 30.0 Å². The van der Waals surface area contributed by atoms with Gasteiger partial charge in [-0.2, -0.15) is 0 Å². The summed E-state index contributed by atoms with van der Waals surface area (Å²) < 4.78 is 13.2. The van der Waals surface area contributed by atoms with Gasteiger partial charge in [-0.1, -0.05) is 17.8 Å². The van der Waals surface area contributed by atoms with Crippen molar-refractivity contribution in [2.75, 3.05) is 0 Å². The van der Waals surface area contributed by atoms with Crippen molar-refractivity contribution in [3.63, 3.8) is 0 Å². The molecule has 7 heteroatoms. The van der Waals surface area contributed by atoms with Gasteiger partial charge in [0.1, 0.15) is 11.6 Å². The van der Waals surface area contributed by atoms with Crippen LogP contribution >= 0.6 is 11.8 Å². The molecular formula is C13H12FN3O2S. The Morgan fingerprint density at radius 3 is 3.00 bits per heavy atom. The van der Waals surface area contributed by atoms with Crippen LogP contribution in [0.5, 0.6) is 0 Å². The number of hydrogen-bond acceptors (Lipinski definition) is 4. The van der Waals surface area contributed by atoms with E-state index in [4.69, 9.17) is 5.11 Å². The van der Waals surface area contributed by atoms with Crippen molar-refractivity contribution < 1.29 is 14.3 Å². The summed E-state index contributed by atoms with van der Waals surface area (Å²) in [5.41, 5.74) is 1.35. The molecule has 0 bridgehead atoms. The molecule has 0 unspecified atom stereocenters. The third-order valence-corrected chi connectivity index (χ3v) is 3.34. The minimum Gasteiger partial charge on any atom is -0.478 e. The van der Waals surface area contributed by atoms with Gasteiger partial charge in [0.25, 0.3) is 0 Å². The number of carboxylic acid groups (broad SMARTS) is 1. The van der Waals surface area contributed by atoms with E-state index in [-0.39, 0.29) is 0 Å². The zero-order chi connectivity index (χ0) is 14.5. The molecule has 20 heavy (non-hydrogen) atoms. The van der Waals surface area contributed by atoms with Crippen LogP contribution in [0, 0.1) is 12.7 Å². The molecule has 2 aromatic rings. The number of aromatic nitrogens is 3. The normalized spacial score (nSPS) is 11.1. The standard InChI is InChI=1S/C13H12FN3O2S/c1-8-15-13(17-16-8)20-7-10-2-4-11(14)6-9(10)3-5-12(18)19/h2-6H,7H2,1H3,(H,18,19)(H,15,16,17). The van der Waals surface area contributed by atoms with Crippen molar-refractivity contribution in [1.82, 2.24) is 15.2 Å². The number of rotatable bonds is 5. The minimum atomic E-state index is -1.07. The predicted octanol–water partition coefficient (Wildman–Crippen LogP) is 2.64. The van der Waals surface area contributed by atoms with Gasteiger partial charge in [0.15, 0.2) is 0 Å². The number of hydrogen-bond donors (Lipinski definition) is 2. The average molecular weight is 293 g/mol. The summed E-state index contributed by atoms with van der Waals surface area (Å²) in [4.78, 5) is 14.7. The Balaban J connectivity index is 2.15. The lowest BCUT2D eigenvalue weighted by Crippen LogP contribution is -1.91. The number of aromatic amines is 1. The quantitative estimate of drug-likeness (QED) is 0.654. The van der Waals surface area contributed by atoms with Gasteiger partial charge < -0.3 is 5.11 Å². The molecule has 1 heterocycles. The van der Waals surface area contributed by atoms with Gasteiger partial charge in [0.2, 0.25) is 5.16 Å². The fourth-order valence-corrected chi connectivity index (χ4v) is 2.40. The highest BCUT2D eigenvalue weighted by atomic mass is 32.2. The van der Waals surface area contributed by atoms with Gasteiger partial charge in [-0.25, -0.2) is 14.2 Å². The number of aryl methyl sites for hydroxylation is 1. The van der Waals surface area contributed by atoms with E-state index in [1.807, 2.05) is 0 Å². The highest BCUT2D eigenvalue weighted by molar-refractivity contribution is 7.98. The molecule has 2 N–H and O–H groups in total. The predicted molar refractivity (Wildman–Crippen MR) is 73.8 cm³/mol. The van der Waals surface area contributed by atoms with E-state index >= 15 is 0 Å². The van der Waals surface area contributed by atoms with E-state index in [2.05, 4.69) is 15.2 Å². The molecule has 0 aliphatic heterocycles. The molecular weight excluding hydrogens is 281 g/mol. The van der Waals surface area contributed by atoms with Crippen LogP contribution in [0.2, 0.25) is 0 Å². The lowest BCUT2D eigenvalue weighted by Gasteiger charge is -2.04. The van der Waals surface area contributed by atoms with Crippen LogP contribution in [0.25, 0.3) is 6.08 Å². The summed E-state index contributed by atoms with van der Waals surface area (Å²) in [6, 6.07) is 4.28. The number of thioether (sulfide) groups is 1. The summed E-state index contributed by atoms with van der Waals surface area (Å²) in [5.74, 6) is -0.232. The second-order valence-electron chi connectivity index (χ2n) is 4.01. The van der Waals surface area contributed by atoms with Crippen LogP contribution in [-0.2, 0) is 10.5 Å². The van der Waals surface area contributed by atoms with Crippen molar-refractivity contribution in [3.05, 3.63) is 47.0 Å². The Kier molecular flexibility index (Phi) is 4.52. The molecule has 0 fully saturated rings. The first-order chi connectivity index (χ1) is 9.54. The fourth-order valence-electron chi connectivity index (χ4n) is 1.54. The number of nitrogens with one attached hydrogen (secondary N) is 1. The first-order valence-electron chi connectivity index (χ1n) is 5.76. The molecule has 1 aromatic heterocycles. The van der Waals surface area contributed by atoms with Gasteiger partial charge in [-0.05, 0) is 36.3 Å². The van der Waals surface area contributed by atoms with Crippen LogP contribution in [0.4, 0.5) is 4.39 Å². The van der Waals surface area contributed by atoms with Gasteiger partial charge in [0, 0.05) is 11.8 Å². The van der Waals surface area contributed by atoms with Gasteiger partial charge in [-0.15, -0.1) is 5.10 Å². The second kappa shape index (κ2) is 6.33. The van der Waals surface area contributed by atoms with Gasteiger partial charge in [0.05, 0.1) is 0 Å². The zero-order valence-electron chi connectivity index (χ0n) is 10.6. The van der Waals surface area contributed by atoms with Crippen molar-refractivity contribution in [2.24, 2.45) is 0 Å². The number of halogens is 1. The molecule has 0 radical (unpaired) electrons. The summed E-state index contributed by atoms with van der Waals surface area (Å²) >= 11 is 1.39. The number of nitrogens with zero attached hydrogens (tertiary/aromatic N) is 2. The molecule has 0 atom stereocenters. The van der Waals surface area contributed by atoms with Crippen LogP contribution < -0.4 is 0 Å². The Hall–Kier alpha value is -2.15. The van der Waals surface area contributed by atoms with Gasteiger partial charge in [-0.3, -0.25) is 5.10 Å². The molecule has 0 aliphatic rings. The molecule has 1 aromatic carbocycles. The molecule has 0 amide bonds. The lowest BCUT2D eigenvalue weighted by molar-refractivity contribution is -0.131. The summed E-state index contributed by atoms with van der Waals surface area (Å²) in [7, 11) is 0. The number of benzene rings is 1. The van der Waals surface area contributed by atoms with Crippen molar-refractivity contribution >= 4 is 23.8 Å². The molecule has 0 aliphatic carbocycles. The topological polar surface area (TPSA) is 78.9 Å². The van der Waals surface area contributed by atoms with Gasteiger partial charge >= 0.3 is 5.97 Å². The average Bonchev–Trinajstić information content (AvgIpc) is 2.81. The maximum absolute atomic E-state index is 13.2. The van der Waals surface area contributed by atoms with Crippen LogP contribution in [0.1, 0.15) is 17.0 Å². The number of carbonyl (C=O) groups is 1. The van der Waals surface area contributed by atoms with E-state index in [9.17, 15) is 9.18 Å². The Morgan fingerprint density at radius 1 is 1.55 bits per heavy atom. The first kappa shape index (κ1) is 14.3. The number of aliphatic carboxylic acids is 1.